The lowest BCUT2D eigenvalue weighted by atomic mass is 10.00. The molecule has 1 aliphatic rings. The van der Waals surface area contributed by atoms with Gasteiger partial charge in [0.15, 0.2) is 0 Å². The van der Waals surface area contributed by atoms with E-state index in [-0.39, 0.29) is 0 Å². The zero-order chi connectivity index (χ0) is 11.4. The minimum Gasteiger partial charge on any atom is -0.326 e. The van der Waals surface area contributed by atoms with Crippen LogP contribution >= 0.6 is 0 Å². The van der Waals surface area contributed by atoms with Crippen molar-refractivity contribution in [2.75, 3.05) is 20.1 Å². The van der Waals surface area contributed by atoms with Gasteiger partial charge in [-0.1, -0.05) is 30.3 Å². The Bertz CT molecular complexity index is 312. The fourth-order valence-electron chi connectivity index (χ4n) is 2.33. The van der Waals surface area contributed by atoms with Crippen LogP contribution in [0.25, 0.3) is 0 Å². The van der Waals surface area contributed by atoms with Gasteiger partial charge in [-0.05, 0) is 19.0 Å². The first kappa shape index (κ1) is 11.6. The molecule has 1 aromatic rings. The second-order valence-corrected chi connectivity index (χ2v) is 4.57. The van der Waals surface area contributed by atoms with Crippen molar-refractivity contribution in [2.45, 2.75) is 25.0 Å². The Morgan fingerprint density at radius 3 is 2.81 bits per heavy atom. The van der Waals surface area contributed by atoms with E-state index in [1.165, 1.54) is 5.56 Å². The smallest absolute Gasteiger partial charge is 0.0345 e. The van der Waals surface area contributed by atoms with Crippen LogP contribution in [0, 0.1) is 0 Å². The van der Waals surface area contributed by atoms with Gasteiger partial charge in [0.05, 0.1) is 0 Å². The summed E-state index contributed by atoms with van der Waals surface area (Å²) >= 11 is 0. The van der Waals surface area contributed by atoms with Crippen molar-refractivity contribution in [3.8, 4) is 0 Å². The predicted octanol–water partition coefficient (Wildman–Crippen LogP) is 0.808. The second kappa shape index (κ2) is 5.43. The lowest BCUT2D eigenvalue weighted by Crippen LogP contribution is -2.55. The molecule has 3 nitrogen and oxygen atoms in total. The third-order valence-corrected chi connectivity index (χ3v) is 3.37. The molecule has 0 bridgehead atoms. The summed E-state index contributed by atoms with van der Waals surface area (Å²) in [6.45, 7) is 3.19. The van der Waals surface area contributed by atoms with Crippen LogP contribution in [0.5, 0.6) is 0 Å². The minimum absolute atomic E-state index is 0.303. The van der Waals surface area contributed by atoms with E-state index in [4.69, 9.17) is 5.73 Å². The largest absolute Gasteiger partial charge is 0.326 e. The van der Waals surface area contributed by atoms with E-state index in [9.17, 15) is 0 Å². The molecule has 0 aromatic heterocycles. The highest BCUT2D eigenvalue weighted by molar-refractivity contribution is 5.14. The average molecular weight is 219 g/mol. The van der Waals surface area contributed by atoms with Crippen molar-refractivity contribution in [1.29, 1.82) is 0 Å². The highest BCUT2D eigenvalue weighted by Gasteiger charge is 2.24. The lowest BCUT2D eigenvalue weighted by Gasteiger charge is -2.36. The van der Waals surface area contributed by atoms with Crippen LogP contribution in [0.2, 0.25) is 0 Å². The summed E-state index contributed by atoms with van der Waals surface area (Å²) in [6, 6.07) is 11.4. The molecular formula is C13H21N3. The van der Waals surface area contributed by atoms with Gasteiger partial charge in [0, 0.05) is 31.7 Å². The molecule has 0 amide bonds. The van der Waals surface area contributed by atoms with E-state index in [0.29, 0.717) is 12.1 Å². The zero-order valence-corrected chi connectivity index (χ0v) is 9.89. The quantitative estimate of drug-likeness (QED) is 0.790. The maximum absolute atomic E-state index is 6.06. The summed E-state index contributed by atoms with van der Waals surface area (Å²) in [5.41, 5.74) is 7.44. The van der Waals surface area contributed by atoms with Crippen LogP contribution in [0.15, 0.2) is 30.3 Å². The van der Waals surface area contributed by atoms with Gasteiger partial charge in [0.2, 0.25) is 0 Å². The van der Waals surface area contributed by atoms with Crippen LogP contribution in [0.1, 0.15) is 12.0 Å². The standard InChI is InChI=1S/C13H21N3/c1-15-13-10-16(8-7-12(13)14)9-11-5-3-2-4-6-11/h2-6,12-13,15H,7-10,14H2,1H3/t12-,13-/m0/s1. The number of likely N-dealkylation sites (N-methyl/N-ethyl adjacent to an activating group) is 1. The molecule has 1 heterocycles. The van der Waals surface area contributed by atoms with Crippen molar-refractivity contribution < 1.29 is 0 Å². The molecule has 2 rings (SSSR count). The molecule has 3 N–H and O–H groups in total. The molecule has 16 heavy (non-hydrogen) atoms. The lowest BCUT2D eigenvalue weighted by molar-refractivity contribution is 0.170. The van der Waals surface area contributed by atoms with Crippen LogP contribution in [0.3, 0.4) is 0 Å². The molecule has 0 saturated carbocycles. The maximum Gasteiger partial charge on any atom is 0.0345 e. The average Bonchev–Trinajstić information content (AvgIpc) is 2.33. The molecular weight excluding hydrogens is 198 g/mol. The van der Waals surface area contributed by atoms with E-state index in [2.05, 4.69) is 40.5 Å². The minimum atomic E-state index is 0.303. The van der Waals surface area contributed by atoms with Gasteiger partial charge in [-0.3, -0.25) is 4.90 Å². The highest BCUT2D eigenvalue weighted by Crippen LogP contribution is 2.12. The van der Waals surface area contributed by atoms with Gasteiger partial charge >= 0.3 is 0 Å². The summed E-state index contributed by atoms with van der Waals surface area (Å²) in [6.07, 6.45) is 1.08. The highest BCUT2D eigenvalue weighted by atomic mass is 15.2. The van der Waals surface area contributed by atoms with Gasteiger partial charge in [-0.2, -0.15) is 0 Å². The van der Waals surface area contributed by atoms with E-state index in [1.807, 2.05) is 7.05 Å². The van der Waals surface area contributed by atoms with Gasteiger partial charge in [-0.25, -0.2) is 0 Å². The molecule has 0 spiro atoms. The topological polar surface area (TPSA) is 41.3 Å². The normalized spacial score (nSPS) is 26.9. The number of nitrogens with one attached hydrogen (secondary N) is 1. The molecule has 1 aliphatic heterocycles. The predicted molar refractivity (Wildman–Crippen MR) is 67.2 cm³/mol. The monoisotopic (exact) mass is 219 g/mol. The van der Waals surface area contributed by atoms with E-state index in [1.54, 1.807) is 0 Å². The molecule has 1 fully saturated rings. The number of rotatable bonds is 3. The van der Waals surface area contributed by atoms with Crippen molar-refractivity contribution >= 4 is 0 Å². The van der Waals surface area contributed by atoms with E-state index >= 15 is 0 Å². The molecule has 1 aromatic carbocycles. The molecule has 3 heteroatoms. The van der Waals surface area contributed by atoms with E-state index in [0.717, 1.165) is 26.1 Å². The number of nitrogens with two attached hydrogens (primary N) is 1. The summed E-state index contributed by atoms with van der Waals surface area (Å²) < 4.78 is 0. The second-order valence-electron chi connectivity index (χ2n) is 4.57. The first-order valence-corrected chi connectivity index (χ1v) is 5.98. The van der Waals surface area contributed by atoms with Gasteiger partial charge < -0.3 is 11.1 Å². The zero-order valence-electron chi connectivity index (χ0n) is 9.89. The Morgan fingerprint density at radius 2 is 2.12 bits per heavy atom. The first-order chi connectivity index (χ1) is 7.79. The van der Waals surface area contributed by atoms with Crippen molar-refractivity contribution in [3.05, 3.63) is 35.9 Å². The molecule has 0 unspecified atom stereocenters. The Morgan fingerprint density at radius 1 is 1.38 bits per heavy atom. The summed E-state index contributed by atoms with van der Waals surface area (Å²) in [5, 5.41) is 3.30. The molecule has 1 saturated heterocycles. The fourth-order valence-corrected chi connectivity index (χ4v) is 2.33. The third-order valence-electron chi connectivity index (χ3n) is 3.37. The Balaban J connectivity index is 1.92. The third kappa shape index (κ3) is 2.82. The number of piperidine rings is 1. The maximum atomic E-state index is 6.06. The SMILES string of the molecule is CN[C@H]1CN(Cc2ccccc2)CC[C@@H]1N. The van der Waals surface area contributed by atoms with Gasteiger partial charge in [-0.15, -0.1) is 0 Å². The Hall–Kier alpha value is -0.900. The van der Waals surface area contributed by atoms with Crippen LogP contribution < -0.4 is 11.1 Å². The summed E-state index contributed by atoms with van der Waals surface area (Å²) in [4.78, 5) is 2.47. The number of nitrogens with zero attached hydrogens (tertiary/aromatic N) is 1. The van der Waals surface area contributed by atoms with Crippen LogP contribution in [-0.4, -0.2) is 37.1 Å². The summed E-state index contributed by atoms with van der Waals surface area (Å²) in [5.74, 6) is 0. The van der Waals surface area contributed by atoms with Crippen molar-refractivity contribution in [2.24, 2.45) is 5.73 Å². The van der Waals surface area contributed by atoms with Crippen molar-refractivity contribution in [3.63, 3.8) is 0 Å². The first-order valence-electron chi connectivity index (χ1n) is 5.98. The van der Waals surface area contributed by atoms with Gasteiger partial charge in [0.1, 0.15) is 0 Å². The number of hydrogen-bond donors (Lipinski definition) is 2. The fraction of sp³-hybridized carbons (Fsp3) is 0.538. The molecule has 0 aliphatic carbocycles. The van der Waals surface area contributed by atoms with Gasteiger partial charge in [0.25, 0.3) is 0 Å². The number of hydrogen-bond acceptors (Lipinski definition) is 3. The van der Waals surface area contributed by atoms with Crippen LogP contribution in [-0.2, 0) is 6.54 Å². The Labute approximate surface area is 97.6 Å². The molecule has 0 radical (unpaired) electrons. The summed E-state index contributed by atoms with van der Waals surface area (Å²) in [7, 11) is 2.00. The Kier molecular flexibility index (Phi) is 3.93. The molecule has 88 valence electrons. The number of benzene rings is 1. The number of likely N-dealkylation sites (tertiary alicyclic amines) is 1. The van der Waals surface area contributed by atoms with Crippen LogP contribution in [0.4, 0.5) is 0 Å². The van der Waals surface area contributed by atoms with E-state index < -0.39 is 0 Å². The molecule has 2 atom stereocenters. The van der Waals surface area contributed by atoms with Crippen molar-refractivity contribution in [1.82, 2.24) is 10.2 Å².